The number of ether oxygens (including phenoxy) is 1. The summed E-state index contributed by atoms with van der Waals surface area (Å²) in [6.45, 7) is 1.56. The van der Waals surface area contributed by atoms with Gasteiger partial charge < -0.3 is 4.74 Å². The SMILES string of the molecule is O=C1c2ccccc2C(=O)N1C([CH]Oc1ccccc1)NC1CCCCC1. The van der Waals surface area contributed by atoms with Crippen LogP contribution in [0.3, 0.4) is 0 Å². The maximum atomic E-state index is 12.9. The van der Waals surface area contributed by atoms with Gasteiger partial charge in [0.25, 0.3) is 11.8 Å². The molecule has 0 aromatic heterocycles. The highest BCUT2D eigenvalue weighted by Gasteiger charge is 2.41. The average Bonchev–Trinajstić information content (AvgIpc) is 2.98. The molecule has 0 bridgehead atoms. The number of nitrogens with one attached hydrogen (secondary N) is 1. The first-order valence-corrected chi connectivity index (χ1v) is 9.52. The molecule has 1 N–H and O–H groups in total. The number of hydrogen-bond acceptors (Lipinski definition) is 4. The molecule has 2 amide bonds. The Morgan fingerprint density at radius 2 is 1.48 bits per heavy atom. The highest BCUT2D eigenvalue weighted by Crippen LogP contribution is 2.27. The number of carbonyl (C=O) groups is 2. The molecule has 0 saturated heterocycles. The molecule has 2 aliphatic rings. The molecule has 4 rings (SSSR count). The van der Waals surface area contributed by atoms with E-state index in [1.165, 1.54) is 11.3 Å². The lowest BCUT2D eigenvalue weighted by Crippen LogP contribution is -2.53. The van der Waals surface area contributed by atoms with Crippen molar-refractivity contribution in [2.24, 2.45) is 0 Å². The summed E-state index contributed by atoms with van der Waals surface area (Å²) in [4.78, 5) is 27.1. The Balaban J connectivity index is 1.55. The molecule has 5 heteroatoms. The van der Waals surface area contributed by atoms with Crippen molar-refractivity contribution in [1.82, 2.24) is 10.2 Å². The van der Waals surface area contributed by atoms with E-state index in [2.05, 4.69) is 5.32 Å². The van der Waals surface area contributed by atoms with Gasteiger partial charge >= 0.3 is 0 Å². The van der Waals surface area contributed by atoms with Gasteiger partial charge in [-0.15, -0.1) is 0 Å². The van der Waals surface area contributed by atoms with Crippen molar-refractivity contribution in [1.29, 1.82) is 0 Å². The Kier molecular flexibility index (Phi) is 5.21. The molecule has 1 fully saturated rings. The topological polar surface area (TPSA) is 58.6 Å². The number of carbonyl (C=O) groups excluding carboxylic acids is 2. The van der Waals surface area contributed by atoms with Gasteiger partial charge in [-0.25, -0.2) is 0 Å². The number of imide groups is 1. The predicted molar refractivity (Wildman–Crippen MR) is 102 cm³/mol. The fraction of sp³-hybridized carbons (Fsp3) is 0.318. The second kappa shape index (κ2) is 7.92. The zero-order valence-electron chi connectivity index (χ0n) is 15.1. The van der Waals surface area contributed by atoms with Crippen molar-refractivity contribution in [2.45, 2.75) is 44.3 Å². The molecule has 2 aromatic carbocycles. The molecule has 1 heterocycles. The molecule has 2 aromatic rings. The molecule has 1 atom stereocenters. The molecule has 27 heavy (non-hydrogen) atoms. The van der Waals surface area contributed by atoms with Crippen LogP contribution in [0.25, 0.3) is 0 Å². The van der Waals surface area contributed by atoms with E-state index in [0.29, 0.717) is 16.9 Å². The molecular weight excluding hydrogens is 340 g/mol. The third-order valence-electron chi connectivity index (χ3n) is 5.19. The van der Waals surface area contributed by atoms with Crippen LogP contribution in [0.15, 0.2) is 54.6 Å². The molecular formula is C22H23N2O3. The van der Waals surface area contributed by atoms with Gasteiger partial charge in [0, 0.05) is 6.04 Å². The van der Waals surface area contributed by atoms with Crippen LogP contribution in [0.4, 0.5) is 0 Å². The second-order valence-electron chi connectivity index (χ2n) is 7.04. The minimum absolute atomic E-state index is 0.267. The minimum Gasteiger partial charge on any atom is -0.483 e. The minimum atomic E-state index is -0.610. The van der Waals surface area contributed by atoms with Crippen LogP contribution in [-0.2, 0) is 0 Å². The Morgan fingerprint density at radius 3 is 2.11 bits per heavy atom. The van der Waals surface area contributed by atoms with Crippen molar-refractivity contribution < 1.29 is 14.3 Å². The summed E-state index contributed by atoms with van der Waals surface area (Å²) < 4.78 is 5.78. The van der Waals surface area contributed by atoms with Gasteiger partial charge in [-0.2, -0.15) is 0 Å². The van der Waals surface area contributed by atoms with Gasteiger partial charge in [-0.1, -0.05) is 49.6 Å². The van der Waals surface area contributed by atoms with Crippen molar-refractivity contribution >= 4 is 11.8 Å². The largest absolute Gasteiger partial charge is 0.483 e. The number of fused-ring (bicyclic) bond motifs is 1. The van der Waals surface area contributed by atoms with E-state index in [0.717, 1.165) is 25.7 Å². The average molecular weight is 363 g/mol. The third-order valence-corrected chi connectivity index (χ3v) is 5.19. The normalized spacial score (nSPS) is 18.4. The monoisotopic (exact) mass is 363 g/mol. The summed E-state index contributed by atoms with van der Waals surface area (Å²) in [5, 5.41) is 3.47. The summed E-state index contributed by atoms with van der Waals surface area (Å²) in [5.41, 5.74) is 0.900. The van der Waals surface area contributed by atoms with Gasteiger partial charge in [-0.3, -0.25) is 19.8 Å². The summed E-state index contributed by atoms with van der Waals surface area (Å²) in [5.74, 6) is 0.109. The van der Waals surface area contributed by atoms with Gasteiger partial charge in [0.05, 0.1) is 11.1 Å². The van der Waals surface area contributed by atoms with E-state index >= 15 is 0 Å². The van der Waals surface area contributed by atoms with E-state index in [-0.39, 0.29) is 17.9 Å². The first-order valence-electron chi connectivity index (χ1n) is 9.52. The first kappa shape index (κ1) is 17.7. The zero-order valence-corrected chi connectivity index (χ0v) is 15.1. The fourth-order valence-corrected chi connectivity index (χ4v) is 3.79. The summed E-state index contributed by atoms with van der Waals surface area (Å²) in [6, 6.07) is 16.6. The number of benzene rings is 2. The van der Waals surface area contributed by atoms with Gasteiger partial charge in [0.2, 0.25) is 0 Å². The third kappa shape index (κ3) is 3.74. The van der Waals surface area contributed by atoms with Crippen LogP contribution in [0, 0.1) is 6.61 Å². The number of nitrogens with zero attached hydrogens (tertiary/aromatic N) is 1. The van der Waals surface area contributed by atoms with E-state index < -0.39 is 6.17 Å². The van der Waals surface area contributed by atoms with Crippen molar-refractivity contribution in [2.75, 3.05) is 0 Å². The molecule has 139 valence electrons. The molecule has 0 spiro atoms. The Bertz CT molecular complexity index is 780. The number of hydrogen-bond donors (Lipinski definition) is 1. The van der Waals surface area contributed by atoms with E-state index in [1.807, 2.05) is 30.3 Å². The van der Waals surface area contributed by atoms with Crippen LogP contribution >= 0.6 is 0 Å². The van der Waals surface area contributed by atoms with Gasteiger partial charge in [0.15, 0.2) is 6.61 Å². The summed E-state index contributed by atoms with van der Waals surface area (Å²) >= 11 is 0. The number of rotatable bonds is 6. The number of amides is 2. The smallest absolute Gasteiger partial charge is 0.263 e. The summed E-state index contributed by atoms with van der Waals surface area (Å²) in [7, 11) is 0. The van der Waals surface area contributed by atoms with E-state index in [1.54, 1.807) is 30.9 Å². The highest BCUT2D eigenvalue weighted by molar-refractivity contribution is 6.21. The molecule has 1 saturated carbocycles. The maximum Gasteiger partial charge on any atom is 0.263 e. The Morgan fingerprint density at radius 1 is 0.889 bits per heavy atom. The molecule has 1 aliphatic carbocycles. The molecule has 1 radical (unpaired) electrons. The van der Waals surface area contributed by atoms with Gasteiger partial charge in [0.1, 0.15) is 11.9 Å². The van der Waals surface area contributed by atoms with Crippen LogP contribution in [0.1, 0.15) is 52.8 Å². The lowest BCUT2D eigenvalue weighted by molar-refractivity contribution is 0.0523. The van der Waals surface area contributed by atoms with Crippen molar-refractivity contribution in [3.8, 4) is 5.75 Å². The maximum absolute atomic E-state index is 12.9. The predicted octanol–water partition coefficient (Wildman–Crippen LogP) is 3.77. The standard InChI is InChI=1S/C22H23N2O3/c25-21-18-13-7-8-14-19(18)22(26)24(21)20(23-16-9-3-1-4-10-16)15-27-17-11-5-2-6-12-17/h2,5-8,11-16,20,23H,1,3-4,9-10H2. The van der Waals surface area contributed by atoms with E-state index in [4.69, 9.17) is 4.74 Å². The molecule has 1 aliphatic heterocycles. The fourth-order valence-electron chi connectivity index (χ4n) is 3.79. The zero-order chi connectivity index (χ0) is 18.6. The van der Waals surface area contributed by atoms with Crippen LogP contribution in [0.2, 0.25) is 0 Å². The molecule has 5 nitrogen and oxygen atoms in total. The quantitative estimate of drug-likeness (QED) is 0.794. The lowest BCUT2D eigenvalue weighted by atomic mass is 9.95. The summed E-state index contributed by atoms with van der Waals surface area (Å²) in [6.07, 6.45) is 5.02. The lowest BCUT2D eigenvalue weighted by Gasteiger charge is -2.32. The Labute approximate surface area is 159 Å². The van der Waals surface area contributed by atoms with Gasteiger partial charge in [-0.05, 0) is 37.1 Å². The van der Waals surface area contributed by atoms with Crippen molar-refractivity contribution in [3.63, 3.8) is 0 Å². The van der Waals surface area contributed by atoms with Crippen molar-refractivity contribution in [3.05, 3.63) is 72.3 Å². The first-order chi connectivity index (χ1) is 13.2. The van der Waals surface area contributed by atoms with Crippen LogP contribution < -0.4 is 10.1 Å². The van der Waals surface area contributed by atoms with Crippen LogP contribution in [-0.4, -0.2) is 28.9 Å². The Hall–Kier alpha value is -2.66. The second-order valence-corrected chi connectivity index (χ2v) is 7.04. The highest BCUT2D eigenvalue weighted by atomic mass is 16.5. The van der Waals surface area contributed by atoms with E-state index in [9.17, 15) is 9.59 Å². The van der Waals surface area contributed by atoms with Crippen LogP contribution in [0.5, 0.6) is 5.75 Å². The number of para-hydroxylation sites is 1. The molecule has 1 unspecified atom stereocenters.